The number of hydrogen-bond acceptors (Lipinski definition) is 7. The quantitative estimate of drug-likeness (QED) is 0.214. The number of carbonyl (C=O) groups is 5. The fraction of sp³-hybridized carbons (Fsp3) is 0.333. The van der Waals surface area contributed by atoms with Gasteiger partial charge in [0.2, 0.25) is 11.8 Å². The second-order valence-corrected chi connectivity index (χ2v) is 9.26. The molecule has 2 aromatic carbocycles. The minimum Gasteiger partial charge on any atom is -0.445 e. The van der Waals surface area contributed by atoms with Gasteiger partial charge in [-0.2, -0.15) is 5.10 Å². The van der Waals surface area contributed by atoms with Crippen LogP contribution < -0.4 is 26.7 Å². The Hall–Kier alpha value is -4.74. The predicted octanol–water partition coefficient (Wildman–Crippen LogP) is 1.30. The van der Waals surface area contributed by atoms with Crippen LogP contribution in [-0.2, 0) is 38.6 Å². The Labute approximate surface area is 224 Å². The first-order valence-corrected chi connectivity index (χ1v) is 12.6. The zero-order chi connectivity index (χ0) is 27.8. The molecule has 0 fully saturated rings. The van der Waals surface area contributed by atoms with Crippen molar-refractivity contribution in [2.24, 2.45) is 10.8 Å². The molecule has 39 heavy (non-hydrogen) atoms. The van der Waals surface area contributed by atoms with E-state index < -0.39 is 42.1 Å². The summed E-state index contributed by atoms with van der Waals surface area (Å²) in [6, 6.07) is 11.4. The van der Waals surface area contributed by atoms with Crippen LogP contribution >= 0.6 is 0 Å². The molecular formula is C27H30N6O6. The van der Waals surface area contributed by atoms with Crippen LogP contribution in [0.2, 0.25) is 0 Å². The summed E-state index contributed by atoms with van der Waals surface area (Å²) in [7, 11) is 0. The normalized spacial score (nSPS) is 18.9. The third-order valence-corrected chi connectivity index (χ3v) is 6.60. The molecule has 0 saturated carbocycles. The van der Waals surface area contributed by atoms with E-state index >= 15 is 0 Å². The Morgan fingerprint density at radius 2 is 1.79 bits per heavy atom. The van der Waals surface area contributed by atoms with Crippen molar-refractivity contribution in [3.8, 4) is 0 Å². The van der Waals surface area contributed by atoms with E-state index in [0.29, 0.717) is 37.7 Å². The summed E-state index contributed by atoms with van der Waals surface area (Å²) >= 11 is 0. The lowest BCUT2D eigenvalue weighted by Gasteiger charge is -2.38. The third kappa shape index (κ3) is 6.78. The number of primary amides is 1. The lowest BCUT2D eigenvalue weighted by Crippen LogP contribution is -2.58. The summed E-state index contributed by atoms with van der Waals surface area (Å²) in [5, 5.41) is 9.03. The van der Waals surface area contributed by atoms with Crippen LogP contribution in [0.3, 0.4) is 0 Å². The zero-order valence-electron chi connectivity index (χ0n) is 21.2. The van der Waals surface area contributed by atoms with Crippen molar-refractivity contribution >= 4 is 42.1 Å². The highest BCUT2D eigenvalue weighted by atomic mass is 16.5. The Balaban J connectivity index is 1.53. The molecule has 0 saturated heterocycles. The number of benzene rings is 2. The standard InChI is InChI=1S/C27H30N6O6/c28-26(37)32-29-15-20(13-14-34)30-24(35)22-12-10-19-8-4-7-18-9-11-21(25(36)33(22)23(18)19)31-27(38)39-16-17-5-2-1-3-6-17/h1-8,14-15,20-22H,9-13,16H2,(H,30,35)(H,31,38)(H3,28,32,37)/b29-15+/t20-,21-,22?/m0/s1. The number of hydrazone groups is 1. The molecule has 0 radical (unpaired) electrons. The van der Waals surface area contributed by atoms with Gasteiger partial charge < -0.3 is 25.9 Å². The molecule has 0 bridgehead atoms. The summed E-state index contributed by atoms with van der Waals surface area (Å²) in [6.45, 7) is 0.0526. The largest absolute Gasteiger partial charge is 0.445 e. The van der Waals surface area contributed by atoms with Crippen LogP contribution in [-0.4, -0.2) is 54.6 Å². The van der Waals surface area contributed by atoms with Crippen molar-refractivity contribution in [2.45, 2.75) is 56.8 Å². The number of anilines is 1. The molecule has 4 rings (SSSR count). The maximum Gasteiger partial charge on any atom is 0.408 e. The van der Waals surface area contributed by atoms with Crippen LogP contribution in [0.25, 0.3) is 0 Å². The molecule has 3 atom stereocenters. The summed E-state index contributed by atoms with van der Waals surface area (Å²) in [5.41, 5.74) is 10.3. The van der Waals surface area contributed by atoms with Gasteiger partial charge in [-0.25, -0.2) is 15.0 Å². The molecule has 0 aromatic heterocycles. The summed E-state index contributed by atoms with van der Waals surface area (Å²) in [6.07, 6.45) is 2.72. The Morgan fingerprint density at radius 3 is 2.49 bits per heavy atom. The number of rotatable bonds is 9. The third-order valence-electron chi connectivity index (χ3n) is 6.60. The Morgan fingerprint density at radius 1 is 1.08 bits per heavy atom. The van der Waals surface area contributed by atoms with Crippen molar-refractivity contribution in [2.75, 3.05) is 4.90 Å². The number of para-hydroxylation sites is 1. The highest BCUT2D eigenvalue weighted by Crippen LogP contribution is 2.37. The van der Waals surface area contributed by atoms with Crippen LogP contribution in [0, 0.1) is 0 Å². The lowest BCUT2D eigenvalue weighted by atomic mass is 9.92. The highest BCUT2D eigenvalue weighted by Gasteiger charge is 2.42. The van der Waals surface area contributed by atoms with E-state index in [0.717, 1.165) is 16.7 Å². The molecule has 5 amide bonds. The van der Waals surface area contributed by atoms with Gasteiger partial charge in [-0.05, 0) is 42.4 Å². The maximum absolute atomic E-state index is 13.8. The number of alkyl carbamates (subject to hydrolysis) is 1. The number of nitrogens with one attached hydrogen (secondary N) is 3. The number of aldehydes is 1. The molecule has 2 aliphatic rings. The van der Waals surface area contributed by atoms with Gasteiger partial charge in [0.25, 0.3) is 0 Å². The van der Waals surface area contributed by atoms with E-state index in [1.54, 1.807) is 0 Å². The molecule has 12 nitrogen and oxygen atoms in total. The number of aryl methyl sites for hydroxylation is 2. The van der Waals surface area contributed by atoms with Crippen molar-refractivity contribution in [3.05, 3.63) is 65.2 Å². The van der Waals surface area contributed by atoms with E-state index in [9.17, 15) is 24.0 Å². The van der Waals surface area contributed by atoms with Crippen LogP contribution in [0.5, 0.6) is 0 Å². The van der Waals surface area contributed by atoms with E-state index in [4.69, 9.17) is 10.5 Å². The molecule has 0 spiro atoms. The zero-order valence-corrected chi connectivity index (χ0v) is 21.2. The monoisotopic (exact) mass is 534 g/mol. The second kappa shape index (κ2) is 12.7. The van der Waals surface area contributed by atoms with Gasteiger partial charge in [-0.1, -0.05) is 48.5 Å². The molecule has 1 unspecified atom stereocenters. The fourth-order valence-electron chi connectivity index (χ4n) is 4.81. The SMILES string of the molecule is NC(=O)N/N=C/[C@H](CC=O)NC(=O)C1CCc2cccc3c2N1C(=O)[C@@H](NC(=O)OCc1ccccc1)CC3. The maximum atomic E-state index is 13.8. The van der Waals surface area contributed by atoms with Crippen molar-refractivity contribution < 1.29 is 28.7 Å². The summed E-state index contributed by atoms with van der Waals surface area (Å²) in [4.78, 5) is 63.4. The van der Waals surface area contributed by atoms with Gasteiger partial charge in [0, 0.05) is 12.6 Å². The summed E-state index contributed by atoms with van der Waals surface area (Å²) in [5.74, 6) is -0.915. The topological polar surface area (TPSA) is 172 Å². The minimum atomic E-state index is -0.908. The van der Waals surface area contributed by atoms with Crippen molar-refractivity contribution in [1.29, 1.82) is 0 Å². The van der Waals surface area contributed by atoms with Crippen LogP contribution in [0.15, 0.2) is 53.6 Å². The Kier molecular flexibility index (Phi) is 8.87. The fourth-order valence-corrected chi connectivity index (χ4v) is 4.81. The number of ether oxygens (including phenoxy) is 1. The lowest BCUT2D eigenvalue weighted by molar-refractivity contribution is -0.127. The molecular weight excluding hydrogens is 504 g/mol. The van der Waals surface area contributed by atoms with E-state index in [2.05, 4.69) is 15.7 Å². The predicted molar refractivity (Wildman–Crippen MR) is 142 cm³/mol. The van der Waals surface area contributed by atoms with Crippen molar-refractivity contribution in [3.63, 3.8) is 0 Å². The number of nitrogens with zero attached hydrogens (tertiary/aromatic N) is 2. The molecule has 2 aliphatic heterocycles. The summed E-state index contributed by atoms with van der Waals surface area (Å²) < 4.78 is 5.33. The van der Waals surface area contributed by atoms with Gasteiger partial charge in [0.1, 0.15) is 25.0 Å². The molecule has 2 aromatic rings. The van der Waals surface area contributed by atoms with E-state index in [1.165, 1.54) is 11.1 Å². The first-order chi connectivity index (χ1) is 18.9. The number of hydrogen-bond donors (Lipinski definition) is 4. The minimum absolute atomic E-state index is 0.0526. The number of carbonyl (C=O) groups excluding carboxylic acids is 5. The Bertz CT molecular complexity index is 1270. The van der Waals surface area contributed by atoms with Gasteiger partial charge in [0.15, 0.2) is 0 Å². The molecule has 0 aliphatic carbocycles. The van der Waals surface area contributed by atoms with Gasteiger partial charge in [-0.15, -0.1) is 0 Å². The first-order valence-electron chi connectivity index (χ1n) is 12.6. The van der Waals surface area contributed by atoms with E-state index in [-0.39, 0.29) is 13.0 Å². The highest BCUT2D eigenvalue weighted by molar-refractivity contribution is 6.06. The number of nitrogens with two attached hydrogens (primary N) is 1. The molecule has 12 heteroatoms. The average Bonchev–Trinajstić information content (AvgIpc) is 3.06. The van der Waals surface area contributed by atoms with Gasteiger partial charge in [0.05, 0.1) is 11.7 Å². The smallest absolute Gasteiger partial charge is 0.408 e. The molecule has 5 N–H and O–H groups in total. The first kappa shape index (κ1) is 27.3. The van der Waals surface area contributed by atoms with Crippen molar-refractivity contribution in [1.82, 2.24) is 16.1 Å². The number of amides is 5. The van der Waals surface area contributed by atoms with Crippen LogP contribution in [0.4, 0.5) is 15.3 Å². The van der Waals surface area contributed by atoms with Crippen LogP contribution in [0.1, 0.15) is 36.0 Å². The number of urea groups is 1. The molecule has 204 valence electrons. The molecule has 2 heterocycles. The van der Waals surface area contributed by atoms with Gasteiger partial charge in [-0.3, -0.25) is 14.5 Å². The second-order valence-electron chi connectivity index (χ2n) is 9.26. The van der Waals surface area contributed by atoms with E-state index in [1.807, 2.05) is 54.0 Å². The average molecular weight is 535 g/mol. The van der Waals surface area contributed by atoms with Gasteiger partial charge >= 0.3 is 12.1 Å².